The molecule has 0 fully saturated rings. The lowest BCUT2D eigenvalue weighted by atomic mass is 9.76. The van der Waals surface area contributed by atoms with Gasteiger partial charge < -0.3 is 0 Å². The zero-order valence-corrected chi connectivity index (χ0v) is 38.8. The Labute approximate surface area is 354 Å². The Morgan fingerprint density at radius 3 is 0.963 bits per heavy atom. The van der Waals surface area contributed by atoms with Crippen molar-refractivity contribution in [1.29, 1.82) is 0 Å². The van der Waals surface area contributed by atoms with Crippen LogP contribution in [0.25, 0.3) is 76.1 Å². The second kappa shape index (κ2) is 14.0. The molecule has 0 aliphatic heterocycles. The first-order valence-corrected chi connectivity index (χ1v) is 23.3. The van der Waals surface area contributed by atoms with Gasteiger partial charge in [0.25, 0.3) is 0 Å². The SMILES string of the molecule is Cc1c2ccccc2c2c(-c3c(CBr)cc(C(C)(C)C)cc3CBr)cc3c(C)c4ccccc4c4c(-c5c(CBr)cc(C(C)(C)C)cc5CBr)cc1c2c34. The van der Waals surface area contributed by atoms with Crippen LogP contribution in [0.15, 0.2) is 84.9 Å². The summed E-state index contributed by atoms with van der Waals surface area (Å²) in [7, 11) is 0. The van der Waals surface area contributed by atoms with E-state index >= 15 is 0 Å². The van der Waals surface area contributed by atoms with Crippen LogP contribution in [0.3, 0.4) is 0 Å². The molecule has 0 atom stereocenters. The monoisotopic (exact) mass is 962 g/mol. The Morgan fingerprint density at radius 1 is 0.389 bits per heavy atom. The van der Waals surface area contributed by atoms with E-state index < -0.39 is 0 Å². The van der Waals surface area contributed by atoms with Crippen molar-refractivity contribution in [3.05, 3.63) is 129 Å². The van der Waals surface area contributed by atoms with Gasteiger partial charge in [-0.3, -0.25) is 0 Å². The van der Waals surface area contributed by atoms with Crippen molar-refractivity contribution in [3.8, 4) is 22.3 Å². The van der Waals surface area contributed by atoms with Gasteiger partial charge in [-0.2, -0.15) is 0 Å². The fraction of sp³-hybridized carbons (Fsp3) is 0.280. The van der Waals surface area contributed by atoms with E-state index in [0.29, 0.717) is 0 Å². The molecule has 0 aliphatic carbocycles. The Hall–Kier alpha value is -2.76. The van der Waals surface area contributed by atoms with E-state index in [4.69, 9.17) is 0 Å². The van der Waals surface area contributed by atoms with Gasteiger partial charge in [0.2, 0.25) is 0 Å². The van der Waals surface area contributed by atoms with Crippen molar-refractivity contribution in [2.45, 2.75) is 87.5 Å². The molecule has 54 heavy (non-hydrogen) atoms. The molecule has 0 amide bonds. The van der Waals surface area contributed by atoms with Crippen molar-refractivity contribution in [3.63, 3.8) is 0 Å². The Bertz CT molecular complexity index is 2550. The minimum atomic E-state index is 0.0360. The third-order valence-corrected chi connectivity index (χ3v) is 14.3. The first-order valence-electron chi connectivity index (χ1n) is 18.9. The van der Waals surface area contributed by atoms with Gasteiger partial charge in [-0.05, 0) is 157 Å². The maximum absolute atomic E-state index is 3.97. The molecule has 4 heteroatoms. The topological polar surface area (TPSA) is 0 Å². The molecule has 0 spiro atoms. The first kappa shape index (κ1) is 38.1. The molecular formula is C50H46Br4. The molecule has 0 heterocycles. The van der Waals surface area contributed by atoms with Gasteiger partial charge in [-0.25, -0.2) is 0 Å². The molecule has 0 radical (unpaired) electrons. The van der Waals surface area contributed by atoms with Crippen molar-refractivity contribution in [1.82, 2.24) is 0 Å². The lowest BCUT2D eigenvalue weighted by Crippen LogP contribution is -2.13. The van der Waals surface area contributed by atoms with E-state index in [9.17, 15) is 0 Å². The summed E-state index contributed by atoms with van der Waals surface area (Å²) >= 11 is 15.9. The molecule has 0 aliphatic rings. The summed E-state index contributed by atoms with van der Waals surface area (Å²) in [6.07, 6.45) is 0. The van der Waals surface area contributed by atoms with Crippen molar-refractivity contribution in [2.75, 3.05) is 0 Å². The van der Waals surface area contributed by atoms with E-state index in [2.05, 4.69) is 204 Å². The summed E-state index contributed by atoms with van der Waals surface area (Å²) in [5.74, 6) is 0. The highest BCUT2D eigenvalue weighted by molar-refractivity contribution is 9.09. The second-order valence-electron chi connectivity index (χ2n) is 17.2. The third-order valence-electron chi connectivity index (χ3n) is 11.9. The average Bonchev–Trinajstić information content (AvgIpc) is 3.16. The number of fused-ring (bicyclic) bond motifs is 4. The largest absolute Gasteiger partial charge is 0.0876 e. The lowest BCUT2D eigenvalue weighted by molar-refractivity contribution is 0.589. The summed E-state index contributed by atoms with van der Waals surface area (Å²) in [4.78, 5) is 0. The van der Waals surface area contributed by atoms with Gasteiger partial charge in [0.05, 0.1) is 0 Å². The minimum Gasteiger partial charge on any atom is -0.0876 e. The molecular weight excluding hydrogens is 920 g/mol. The molecule has 0 unspecified atom stereocenters. The predicted molar refractivity (Wildman–Crippen MR) is 253 cm³/mol. The number of aryl methyl sites for hydroxylation is 2. The molecule has 8 aromatic carbocycles. The average molecular weight is 967 g/mol. The van der Waals surface area contributed by atoms with Crippen LogP contribution in [0.4, 0.5) is 0 Å². The predicted octanol–water partition coefficient (Wildman–Crippen LogP) is 17.0. The zero-order valence-electron chi connectivity index (χ0n) is 32.4. The minimum absolute atomic E-state index is 0.0360. The van der Waals surface area contributed by atoms with Gasteiger partial charge in [-0.1, -0.05) is 178 Å². The normalized spacial score (nSPS) is 12.7. The van der Waals surface area contributed by atoms with E-state index in [-0.39, 0.29) is 10.8 Å². The van der Waals surface area contributed by atoms with Crippen LogP contribution in [0.1, 0.15) is 86.1 Å². The molecule has 8 rings (SSSR count). The highest BCUT2D eigenvalue weighted by atomic mass is 79.9. The smallest absolute Gasteiger partial charge is 0.0289 e. The van der Waals surface area contributed by atoms with Gasteiger partial charge in [0.1, 0.15) is 0 Å². The van der Waals surface area contributed by atoms with Crippen LogP contribution in [0, 0.1) is 13.8 Å². The zero-order chi connectivity index (χ0) is 38.4. The molecule has 0 saturated heterocycles. The maximum Gasteiger partial charge on any atom is 0.0289 e. The van der Waals surface area contributed by atoms with E-state index in [1.807, 2.05) is 0 Å². The number of halogens is 4. The summed E-state index contributed by atoms with van der Waals surface area (Å²) in [6, 6.07) is 33.1. The molecule has 0 bridgehead atoms. The Balaban J connectivity index is 1.68. The van der Waals surface area contributed by atoms with Crippen LogP contribution in [0.5, 0.6) is 0 Å². The second-order valence-corrected chi connectivity index (χ2v) is 19.4. The van der Waals surface area contributed by atoms with Gasteiger partial charge in [0.15, 0.2) is 0 Å². The van der Waals surface area contributed by atoms with Crippen molar-refractivity contribution >= 4 is 118 Å². The van der Waals surface area contributed by atoms with Crippen molar-refractivity contribution in [2.24, 2.45) is 0 Å². The van der Waals surface area contributed by atoms with Crippen LogP contribution in [-0.4, -0.2) is 0 Å². The fourth-order valence-corrected chi connectivity index (χ4v) is 10.8. The quantitative estimate of drug-likeness (QED) is 0.0885. The molecule has 0 N–H and O–H groups in total. The number of alkyl halides is 4. The van der Waals surface area contributed by atoms with Gasteiger partial charge in [0, 0.05) is 21.3 Å². The van der Waals surface area contributed by atoms with Crippen LogP contribution in [-0.2, 0) is 32.2 Å². The Morgan fingerprint density at radius 2 is 0.685 bits per heavy atom. The lowest BCUT2D eigenvalue weighted by Gasteiger charge is -2.28. The number of hydrogen-bond acceptors (Lipinski definition) is 0. The van der Waals surface area contributed by atoms with E-state index in [1.54, 1.807) is 0 Å². The highest BCUT2D eigenvalue weighted by Crippen LogP contribution is 2.53. The van der Waals surface area contributed by atoms with Gasteiger partial charge >= 0.3 is 0 Å². The molecule has 0 aromatic heterocycles. The summed E-state index contributed by atoms with van der Waals surface area (Å²) in [6.45, 7) is 18.6. The standard InChI is InChI=1S/C50H46Br4/c1-27-35-13-9-11-15-37(35)45-42(44-31(25-53)19-34(50(6,7)8)20-32(44)26-54)22-40-28(2)36-14-10-12-16-38(36)46-41(21-39(27)47(45)48(40)46)43-29(23-51)17-33(49(3,4)5)18-30(43)24-52/h9-22H,23-26H2,1-8H3. The molecule has 0 nitrogen and oxygen atoms in total. The third kappa shape index (κ3) is 5.91. The maximum atomic E-state index is 3.97. The first-order chi connectivity index (χ1) is 25.7. The molecule has 8 aromatic rings. The van der Waals surface area contributed by atoms with Crippen LogP contribution < -0.4 is 0 Å². The van der Waals surface area contributed by atoms with Crippen LogP contribution >= 0.6 is 63.7 Å². The number of benzene rings is 8. The summed E-state index contributed by atoms with van der Waals surface area (Å²) in [5, 5.41) is 16.5. The number of hydrogen-bond donors (Lipinski definition) is 0. The molecule has 274 valence electrons. The summed E-state index contributed by atoms with van der Waals surface area (Å²) < 4.78 is 0. The van der Waals surface area contributed by atoms with E-state index in [1.165, 1.54) is 121 Å². The van der Waals surface area contributed by atoms with Crippen LogP contribution in [0.2, 0.25) is 0 Å². The number of rotatable bonds is 6. The highest BCUT2D eigenvalue weighted by Gasteiger charge is 2.28. The summed E-state index contributed by atoms with van der Waals surface area (Å²) in [5.41, 5.74) is 16.1. The molecule has 0 saturated carbocycles. The Kier molecular flexibility index (Phi) is 9.89. The fourth-order valence-electron chi connectivity index (χ4n) is 9.04. The van der Waals surface area contributed by atoms with E-state index in [0.717, 1.165) is 21.3 Å². The van der Waals surface area contributed by atoms with Crippen molar-refractivity contribution < 1.29 is 0 Å². The van der Waals surface area contributed by atoms with Gasteiger partial charge in [-0.15, -0.1) is 0 Å².